The first-order valence-corrected chi connectivity index (χ1v) is 7.97. The molecule has 8 heteroatoms. The molecule has 1 rings (SSSR count). The van der Waals surface area contributed by atoms with Gasteiger partial charge in [-0.05, 0) is 31.5 Å². The van der Waals surface area contributed by atoms with Crippen molar-refractivity contribution < 1.29 is 27.0 Å². The third-order valence-electron chi connectivity index (χ3n) is 2.98. The predicted molar refractivity (Wildman–Crippen MR) is 74.2 cm³/mol. The molecule has 0 aliphatic rings. The van der Waals surface area contributed by atoms with Crippen LogP contribution in [-0.4, -0.2) is 38.5 Å². The van der Waals surface area contributed by atoms with Crippen LogP contribution in [0.5, 0.6) is 0 Å². The number of hydrogen-bond acceptors (Lipinski definition) is 4. The first kappa shape index (κ1) is 18.0. The Morgan fingerprint density at radius 3 is 2.43 bits per heavy atom. The van der Waals surface area contributed by atoms with E-state index in [4.69, 9.17) is 4.74 Å². The van der Waals surface area contributed by atoms with Crippen molar-refractivity contribution in [3.8, 4) is 0 Å². The minimum Gasteiger partial charge on any atom is -0.387 e. The van der Waals surface area contributed by atoms with Gasteiger partial charge in [-0.15, -0.1) is 0 Å². The molecule has 0 bridgehead atoms. The molecule has 3 atom stereocenters. The number of sulfonamides is 1. The number of hydrogen-bond donors (Lipinski definition) is 2. The van der Waals surface area contributed by atoms with E-state index in [1.807, 2.05) is 0 Å². The van der Waals surface area contributed by atoms with Gasteiger partial charge in [0.15, 0.2) is 11.6 Å². The largest absolute Gasteiger partial charge is 0.387 e. The fourth-order valence-corrected chi connectivity index (χ4v) is 3.30. The van der Waals surface area contributed by atoms with Crippen molar-refractivity contribution >= 4 is 10.0 Å². The smallest absolute Gasteiger partial charge is 0.214 e. The molecule has 0 amide bonds. The standard InChI is InChI=1S/C13H19F2NO4S/c1-8(20-3)7-21(18,19)16-9(2)13(17)10-4-5-11(14)12(15)6-10/h4-6,8-9,13,16-17H,7H2,1-3H3/t8-,9+,13+/m1/s1. The van der Waals surface area contributed by atoms with Crippen LogP contribution < -0.4 is 4.72 Å². The zero-order chi connectivity index (χ0) is 16.2. The van der Waals surface area contributed by atoms with Gasteiger partial charge in [0.2, 0.25) is 10.0 Å². The predicted octanol–water partition coefficient (Wildman–Crippen LogP) is 1.34. The lowest BCUT2D eigenvalue weighted by molar-refractivity contribution is 0.133. The minimum atomic E-state index is -3.67. The van der Waals surface area contributed by atoms with Gasteiger partial charge in [-0.25, -0.2) is 21.9 Å². The summed E-state index contributed by atoms with van der Waals surface area (Å²) < 4.78 is 56.8. The van der Waals surface area contributed by atoms with E-state index < -0.39 is 39.9 Å². The van der Waals surface area contributed by atoms with Crippen molar-refractivity contribution in [1.29, 1.82) is 0 Å². The highest BCUT2D eigenvalue weighted by atomic mass is 32.2. The van der Waals surface area contributed by atoms with Gasteiger partial charge in [0.1, 0.15) is 0 Å². The zero-order valence-corrected chi connectivity index (χ0v) is 12.8. The molecule has 0 saturated heterocycles. The van der Waals surface area contributed by atoms with E-state index in [0.717, 1.165) is 12.1 Å². The van der Waals surface area contributed by atoms with E-state index in [9.17, 15) is 22.3 Å². The van der Waals surface area contributed by atoms with Crippen molar-refractivity contribution in [2.45, 2.75) is 32.1 Å². The molecule has 0 aliphatic heterocycles. The number of rotatable bonds is 7. The van der Waals surface area contributed by atoms with Gasteiger partial charge in [0.25, 0.3) is 0 Å². The summed E-state index contributed by atoms with van der Waals surface area (Å²) in [5, 5.41) is 10.0. The zero-order valence-electron chi connectivity index (χ0n) is 12.0. The maximum atomic E-state index is 13.1. The SMILES string of the molecule is CO[C@H](C)CS(=O)(=O)N[C@@H](C)[C@H](O)c1ccc(F)c(F)c1. The van der Waals surface area contributed by atoms with Crippen LogP contribution in [0.1, 0.15) is 25.5 Å². The molecule has 0 fully saturated rings. The second-order valence-electron chi connectivity index (χ2n) is 4.85. The first-order valence-electron chi connectivity index (χ1n) is 6.32. The molecule has 0 aliphatic carbocycles. The van der Waals surface area contributed by atoms with Crippen molar-refractivity contribution in [3.05, 3.63) is 35.4 Å². The summed E-state index contributed by atoms with van der Waals surface area (Å²) in [7, 11) is -2.28. The molecular formula is C13H19F2NO4S. The van der Waals surface area contributed by atoms with Gasteiger partial charge in [-0.1, -0.05) is 6.07 Å². The van der Waals surface area contributed by atoms with Crippen LogP contribution in [0.2, 0.25) is 0 Å². The maximum absolute atomic E-state index is 13.1. The molecule has 0 aromatic heterocycles. The summed E-state index contributed by atoms with van der Waals surface area (Å²) in [5.41, 5.74) is 0.0869. The van der Waals surface area contributed by atoms with E-state index in [0.29, 0.717) is 0 Å². The van der Waals surface area contributed by atoms with Crippen LogP contribution in [-0.2, 0) is 14.8 Å². The Morgan fingerprint density at radius 2 is 1.90 bits per heavy atom. The van der Waals surface area contributed by atoms with Crippen LogP contribution >= 0.6 is 0 Å². The molecule has 1 aromatic rings. The average Bonchev–Trinajstić information content (AvgIpc) is 2.39. The van der Waals surface area contributed by atoms with Gasteiger partial charge in [0, 0.05) is 13.2 Å². The van der Waals surface area contributed by atoms with E-state index in [-0.39, 0.29) is 11.3 Å². The number of benzene rings is 1. The lowest BCUT2D eigenvalue weighted by Crippen LogP contribution is -2.40. The van der Waals surface area contributed by atoms with Gasteiger partial charge in [0.05, 0.1) is 18.0 Å². The molecule has 0 heterocycles. The Bertz CT molecular complexity index is 580. The highest BCUT2D eigenvalue weighted by Gasteiger charge is 2.24. The highest BCUT2D eigenvalue weighted by Crippen LogP contribution is 2.19. The summed E-state index contributed by atoms with van der Waals surface area (Å²) >= 11 is 0. The molecule has 2 N–H and O–H groups in total. The van der Waals surface area contributed by atoms with Crippen LogP contribution in [0.3, 0.4) is 0 Å². The molecule has 120 valence electrons. The van der Waals surface area contributed by atoms with Crippen LogP contribution in [0.4, 0.5) is 8.78 Å². The van der Waals surface area contributed by atoms with E-state index in [1.54, 1.807) is 6.92 Å². The van der Waals surface area contributed by atoms with Gasteiger partial charge >= 0.3 is 0 Å². The van der Waals surface area contributed by atoms with Gasteiger partial charge < -0.3 is 9.84 Å². The fraction of sp³-hybridized carbons (Fsp3) is 0.538. The molecule has 5 nitrogen and oxygen atoms in total. The van der Waals surface area contributed by atoms with E-state index >= 15 is 0 Å². The Labute approximate surface area is 123 Å². The molecule has 1 aromatic carbocycles. The Balaban J connectivity index is 2.78. The molecule has 0 saturated carbocycles. The van der Waals surface area contributed by atoms with Crippen molar-refractivity contribution in [3.63, 3.8) is 0 Å². The normalized spacial score (nSPS) is 16.5. The molecule has 21 heavy (non-hydrogen) atoms. The third kappa shape index (κ3) is 5.31. The van der Waals surface area contributed by atoms with Crippen LogP contribution in [0.15, 0.2) is 18.2 Å². The number of methoxy groups -OCH3 is 1. The third-order valence-corrected chi connectivity index (χ3v) is 4.62. The van der Waals surface area contributed by atoms with Crippen molar-refractivity contribution in [2.24, 2.45) is 0 Å². The highest BCUT2D eigenvalue weighted by molar-refractivity contribution is 7.89. The Kier molecular flexibility index (Phi) is 6.21. The summed E-state index contributed by atoms with van der Waals surface area (Å²) in [5.74, 6) is -2.40. The van der Waals surface area contributed by atoms with Gasteiger partial charge in [-0.3, -0.25) is 0 Å². The minimum absolute atomic E-state index is 0.0869. The quantitative estimate of drug-likeness (QED) is 0.794. The Hall–Kier alpha value is -1.09. The average molecular weight is 323 g/mol. The maximum Gasteiger partial charge on any atom is 0.214 e. The number of aliphatic hydroxyl groups excluding tert-OH is 1. The lowest BCUT2D eigenvalue weighted by atomic mass is 10.0. The number of aliphatic hydroxyl groups is 1. The van der Waals surface area contributed by atoms with E-state index in [2.05, 4.69) is 4.72 Å². The summed E-state index contributed by atoms with van der Waals surface area (Å²) in [6.45, 7) is 3.02. The Morgan fingerprint density at radius 1 is 1.29 bits per heavy atom. The molecule has 0 spiro atoms. The first-order chi connectivity index (χ1) is 9.66. The molecule has 0 radical (unpaired) electrons. The van der Waals surface area contributed by atoms with Crippen LogP contribution in [0, 0.1) is 11.6 Å². The summed E-state index contributed by atoms with van der Waals surface area (Å²) in [6, 6.07) is 2.01. The summed E-state index contributed by atoms with van der Waals surface area (Å²) in [4.78, 5) is 0. The second-order valence-corrected chi connectivity index (χ2v) is 6.65. The van der Waals surface area contributed by atoms with Crippen molar-refractivity contribution in [1.82, 2.24) is 4.72 Å². The number of ether oxygens (including phenoxy) is 1. The molecule has 0 unspecified atom stereocenters. The lowest BCUT2D eigenvalue weighted by Gasteiger charge is -2.21. The fourth-order valence-electron chi connectivity index (χ4n) is 1.76. The number of halogens is 2. The monoisotopic (exact) mass is 323 g/mol. The topological polar surface area (TPSA) is 75.6 Å². The summed E-state index contributed by atoms with van der Waals surface area (Å²) in [6.07, 6.45) is -1.80. The van der Waals surface area contributed by atoms with Gasteiger partial charge in [-0.2, -0.15) is 0 Å². The van der Waals surface area contributed by atoms with Crippen molar-refractivity contribution in [2.75, 3.05) is 12.9 Å². The van der Waals surface area contributed by atoms with Crippen LogP contribution in [0.25, 0.3) is 0 Å². The molecular weight excluding hydrogens is 304 g/mol. The number of nitrogens with one attached hydrogen (secondary N) is 1. The van der Waals surface area contributed by atoms with E-state index in [1.165, 1.54) is 20.1 Å². The second kappa shape index (κ2) is 7.26.